The van der Waals surface area contributed by atoms with Gasteiger partial charge in [-0.25, -0.2) is 13.4 Å². The zero-order valence-electron chi connectivity index (χ0n) is 21.1. The molecule has 0 bridgehead atoms. The predicted molar refractivity (Wildman–Crippen MR) is 154 cm³/mol. The second-order valence-electron chi connectivity index (χ2n) is 8.84. The Labute approximate surface area is 242 Å². The molecule has 41 heavy (non-hydrogen) atoms. The molecule has 1 amide bonds. The Hall–Kier alpha value is -4.95. The highest BCUT2D eigenvalue weighted by atomic mass is 79.9. The van der Waals surface area contributed by atoms with Gasteiger partial charge in [-0.15, -0.1) is 10.2 Å². The fourth-order valence-corrected chi connectivity index (χ4v) is 6.01. The molecule has 0 aliphatic rings. The fourth-order valence-electron chi connectivity index (χ4n) is 4.22. The Morgan fingerprint density at radius 2 is 1.71 bits per heavy atom. The molecule has 3 N–H and O–H groups in total. The van der Waals surface area contributed by atoms with Crippen molar-refractivity contribution in [2.45, 2.75) is 11.4 Å². The van der Waals surface area contributed by atoms with E-state index >= 15 is 0 Å². The smallest absolute Gasteiger partial charge is 0.287 e. The Morgan fingerprint density at radius 3 is 2.41 bits per heavy atom. The molecule has 0 fully saturated rings. The predicted octanol–water partition coefficient (Wildman–Crippen LogP) is 3.76. The van der Waals surface area contributed by atoms with Crippen LogP contribution in [-0.4, -0.2) is 48.1 Å². The minimum Gasteiger partial charge on any atom is -0.366 e. The molecule has 204 valence electrons. The molecule has 14 heteroatoms. The number of nitrogens with zero attached hydrogens (tertiary/aromatic N) is 7. The normalized spacial score (nSPS) is 11.5. The summed E-state index contributed by atoms with van der Waals surface area (Å²) in [5, 5.41) is 15.6. The van der Waals surface area contributed by atoms with Gasteiger partial charge in [0.15, 0.2) is 11.5 Å². The van der Waals surface area contributed by atoms with E-state index in [1.165, 1.54) is 12.1 Å². The summed E-state index contributed by atoms with van der Waals surface area (Å²) < 4.78 is 30.1. The average molecular weight is 630 g/mol. The summed E-state index contributed by atoms with van der Waals surface area (Å²) in [6.45, 7) is 0.524. The number of aromatic nitrogens is 7. The van der Waals surface area contributed by atoms with Crippen LogP contribution in [-0.2, 0) is 16.6 Å². The van der Waals surface area contributed by atoms with Crippen LogP contribution in [0.2, 0.25) is 0 Å². The largest absolute Gasteiger partial charge is 0.366 e. The summed E-state index contributed by atoms with van der Waals surface area (Å²) in [5.41, 5.74) is 8.87. The van der Waals surface area contributed by atoms with Gasteiger partial charge in [0.2, 0.25) is 5.82 Å². The van der Waals surface area contributed by atoms with Gasteiger partial charge in [0, 0.05) is 36.1 Å². The number of halogens is 1. The highest BCUT2D eigenvalue weighted by Crippen LogP contribution is 2.29. The number of primary amides is 1. The first-order valence-electron chi connectivity index (χ1n) is 12.2. The summed E-state index contributed by atoms with van der Waals surface area (Å²) in [5.74, 6) is -0.844. The van der Waals surface area contributed by atoms with Crippen molar-refractivity contribution in [1.29, 1.82) is 0 Å². The van der Waals surface area contributed by atoms with E-state index in [9.17, 15) is 13.2 Å². The van der Waals surface area contributed by atoms with E-state index in [2.05, 4.69) is 41.5 Å². The van der Waals surface area contributed by atoms with Crippen molar-refractivity contribution in [3.8, 4) is 22.6 Å². The zero-order chi connectivity index (χ0) is 28.6. The summed E-state index contributed by atoms with van der Waals surface area (Å²) >= 11 is 3.51. The lowest BCUT2D eigenvalue weighted by molar-refractivity contribution is 0.0989. The molecule has 2 aromatic carbocycles. The molecule has 0 saturated heterocycles. The molecule has 0 unspecified atom stereocenters. The highest BCUT2D eigenvalue weighted by molar-refractivity contribution is 9.10. The van der Waals surface area contributed by atoms with Crippen LogP contribution in [0.15, 0.2) is 101 Å². The van der Waals surface area contributed by atoms with Crippen molar-refractivity contribution in [2.24, 2.45) is 5.73 Å². The van der Waals surface area contributed by atoms with Crippen LogP contribution in [0.1, 0.15) is 16.2 Å². The van der Waals surface area contributed by atoms with Crippen LogP contribution < -0.4 is 11.1 Å². The topological polar surface area (TPSA) is 163 Å². The van der Waals surface area contributed by atoms with E-state index in [-0.39, 0.29) is 10.7 Å². The van der Waals surface area contributed by atoms with E-state index in [0.717, 1.165) is 19.6 Å². The molecule has 0 aliphatic heterocycles. The van der Waals surface area contributed by atoms with Crippen molar-refractivity contribution in [2.75, 3.05) is 5.32 Å². The lowest BCUT2D eigenvalue weighted by atomic mass is 10.1. The van der Waals surface area contributed by atoms with Gasteiger partial charge in [-0.3, -0.25) is 9.78 Å². The van der Waals surface area contributed by atoms with Crippen molar-refractivity contribution in [1.82, 2.24) is 33.8 Å². The highest BCUT2D eigenvalue weighted by Gasteiger charge is 2.29. The summed E-state index contributed by atoms with van der Waals surface area (Å²) in [6.07, 6.45) is 5.17. The Kier molecular flexibility index (Phi) is 6.77. The second kappa shape index (κ2) is 10.6. The molecule has 4 heterocycles. The van der Waals surface area contributed by atoms with Crippen LogP contribution >= 0.6 is 15.9 Å². The van der Waals surface area contributed by atoms with Gasteiger partial charge in [-0.05, 0) is 39.7 Å². The molecule has 0 spiro atoms. The van der Waals surface area contributed by atoms with Crippen LogP contribution in [0.4, 0.5) is 5.82 Å². The van der Waals surface area contributed by atoms with E-state index in [0.29, 0.717) is 29.3 Å². The van der Waals surface area contributed by atoms with Crippen LogP contribution in [0.3, 0.4) is 0 Å². The summed E-state index contributed by atoms with van der Waals surface area (Å²) in [7, 11) is -4.22. The minimum atomic E-state index is -4.22. The Morgan fingerprint density at radius 1 is 0.951 bits per heavy atom. The van der Waals surface area contributed by atoms with Crippen LogP contribution in [0.25, 0.3) is 28.3 Å². The number of nitrogens with one attached hydrogen (secondary N) is 1. The third-order valence-electron chi connectivity index (χ3n) is 6.19. The molecule has 4 aromatic heterocycles. The third-order valence-corrected chi connectivity index (χ3v) is 8.44. The first kappa shape index (κ1) is 26.3. The number of hydrogen-bond acceptors (Lipinski definition) is 9. The number of benzene rings is 2. The number of pyridine rings is 1. The maximum atomic E-state index is 13.5. The lowest BCUT2D eigenvalue weighted by Gasteiger charge is -2.12. The van der Waals surface area contributed by atoms with E-state index in [1.54, 1.807) is 65.6 Å². The number of nitrogens with two attached hydrogens (primary N) is 1. The number of carbonyl (C=O) groups is 1. The Bertz CT molecular complexity index is 1990. The first-order chi connectivity index (χ1) is 19.8. The van der Waals surface area contributed by atoms with Gasteiger partial charge in [-0.2, -0.15) is 13.6 Å². The van der Waals surface area contributed by atoms with Crippen molar-refractivity contribution in [3.05, 3.63) is 107 Å². The number of fused-ring (bicyclic) bond motifs is 1. The van der Waals surface area contributed by atoms with E-state index in [4.69, 9.17) is 10.7 Å². The number of hydrogen-bond donors (Lipinski definition) is 2. The van der Waals surface area contributed by atoms with Crippen LogP contribution in [0, 0.1) is 0 Å². The van der Waals surface area contributed by atoms with Gasteiger partial charge in [0.1, 0.15) is 5.82 Å². The summed E-state index contributed by atoms with van der Waals surface area (Å²) in [4.78, 5) is 21.0. The molecule has 0 radical (unpaired) electrons. The lowest BCUT2D eigenvalue weighted by Crippen LogP contribution is -2.24. The van der Waals surface area contributed by atoms with E-state index < -0.39 is 21.8 Å². The van der Waals surface area contributed by atoms with Gasteiger partial charge >= 0.3 is 0 Å². The van der Waals surface area contributed by atoms with Gasteiger partial charge in [-0.1, -0.05) is 48.5 Å². The number of anilines is 1. The van der Waals surface area contributed by atoms with Crippen molar-refractivity contribution >= 4 is 43.3 Å². The Balaban J connectivity index is 1.39. The van der Waals surface area contributed by atoms with E-state index in [1.807, 2.05) is 18.2 Å². The van der Waals surface area contributed by atoms with Crippen molar-refractivity contribution < 1.29 is 13.2 Å². The molecule has 0 atom stereocenters. The second-order valence-corrected chi connectivity index (χ2v) is 11.5. The van der Waals surface area contributed by atoms with Gasteiger partial charge in [0.05, 0.1) is 21.3 Å². The number of rotatable bonds is 8. The fraction of sp³-hybridized carbons (Fsp3) is 0.0370. The molecule has 12 nitrogen and oxygen atoms in total. The molecule has 0 aliphatic carbocycles. The standard InChI is InChI=1S/C27H20BrN9O3S/c28-21-16-32-36-23(31-15-17-5-4-12-30-14-17)13-22(33-26(21)36)18-8-10-19(11-9-18)25-34-35-27(24(29)38)37(25)41(39,40)20-6-2-1-3-7-20/h1-14,16,31H,15H2,(H2,29,38). The molecular formula is C27H20BrN9O3S. The molecule has 6 aromatic rings. The average Bonchev–Trinajstić information content (AvgIpc) is 3.62. The monoisotopic (exact) mass is 629 g/mol. The summed E-state index contributed by atoms with van der Waals surface area (Å²) in [6, 6.07) is 20.3. The molecule has 0 saturated carbocycles. The zero-order valence-corrected chi connectivity index (χ0v) is 23.5. The molecule has 6 rings (SSSR count). The number of carbonyl (C=O) groups excluding carboxylic acids is 1. The molecular weight excluding hydrogens is 610 g/mol. The van der Waals surface area contributed by atoms with Crippen molar-refractivity contribution in [3.63, 3.8) is 0 Å². The number of amides is 1. The van der Waals surface area contributed by atoms with Gasteiger partial charge in [0.25, 0.3) is 15.9 Å². The SMILES string of the molecule is NC(=O)c1nnc(-c2ccc(-c3cc(NCc4cccnc4)n4ncc(Br)c4n3)cc2)n1S(=O)(=O)c1ccccc1. The maximum Gasteiger partial charge on any atom is 0.287 e. The van der Waals surface area contributed by atoms with Crippen LogP contribution in [0.5, 0.6) is 0 Å². The first-order valence-corrected chi connectivity index (χ1v) is 14.4. The maximum absolute atomic E-state index is 13.5. The minimum absolute atomic E-state index is 0.0321. The third kappa shape index (κ3) is 4.94. The van der Waals surface area contributed by atoms with Gasteiger partial charge < -0.3 is 11.1 Å². The quantitative estimate of drug-likeness (QED) is 0.255.